The molecule has 3 rings (SSSR count). The molecule has 2 saturated heterocycles. The molecule has 3 fully saturated rings. The number of rotatable bonds is 1. The van der Waals surface area contributed by atoms with Crippen molar-refractivity contribution in [2.45, 2.75) is 38.1 Å². The van der Waals surface area contributed by atoms with Crippen LogP contribution in [0.25, 0.3) is 0 Å². The lowest BCUT2D eigenvalue weighted by Gasteiger charge is -2.28. The molecular weight excluding hydrogens is 236 g/mol. The number of amides is 4. The number of imide groups is 2. The molecule has 0 spiro atoms. The van der Waals surface area contributed by atoms with Gasteiger partial charge in [0.05, 0.1) is 11.8 Å². The molecule has 0 aromatic carbocycles. The molecule has 0 aromatic rings. The van der Waals surface area contributed by atoms with Crippen LogP contribution < -0.4 is 5.32 Å². The Kier molecular flexibility index (Phi) is 2.46. The first-order valence-corrected chi connectivity index (χ1v) is 6.30. The SMILES string of the molecule is O=C1CC[C@H](N2C(=O)[C@H]3CCC[C@H]3C2=O)C(=O)N1. The van der Waals surface area contributed by atoms with E-state index in [9.17, 15) is 19.2 Å². The van der Waals surface area contributed by atoms with Gasteiger partial charge in [0.25, 0.3) is 0 Å². The zero-order chi connectivity index (χ0) is 12.9. The molecule has 0 radical (unpaired) electrons. The molecule has 96 valence electrons. The van der Waals surface area contributed by atoms with Crippen LogP contribution in [0.3, 0.4) is 0 Å². The van der Waals surface area contributed by atoms with Crippen molar-refractivity contribution in [2.24, 2.45) is 11.8 Å². The lowest BCUT2D eigenvalue weighted by Crippen LogP contribution is -2.54. The predicted octanol–water partition coefficient (Wildman–Crippen LogP) is -0.423. The van der Waals surface area contributed by atoms with Gasteiger partial charge < -0.3 is 0 Å². The summed E-state index contributed by atoms with van der Waals surface area (Å²) in [4.78, 5) is 48.2. The highest BCUT2D eigenvalue weighted by Crippen LogP contribution is 2.41. The molecule has 18 heavy (non-hydrogen) atoms. The topological polar surface area (TPSA) is 83.6 Å². The number of fused-ring (bicyclic) bond motifs is 1. The van der Waals surface area contributed by atoms with Crippen LogP contribution >= 0.6 is 0 Å². The minimum absolute atomic E-state index is 0.183. The molecule has 2 aliphatic heterocycles. The van der Waals surface area contributed by atoms with Crippen molar-refractivity contribution < 1.29 is 19.2 Å². The summed E-state index contributed by atoms with van der Waals surface area (Å²) >= 11 is 0. The Morgan fingerprint density at radius 1 is 0.944 bits per heavy atom. The first kappa shape index (κ1) is 11.4. The van der Waals surface area contributed by atoms with Gasteiger partial charge in [0.2, 0.25) is 23.6 Å². The number of hydrogen-bond donors (Lipinski definition) is 1. The van der Waals surface area contributed by atoms with Crippen molar-refractivity contribution in [1.82, 2.24) is 10.2 Å². The third-order valence-electron chi connectivity index (χ3n) is 4.15. The third kappa shape index (κ3) is 1.48. The highest BCUT2D eigenvalue weighted by Gasteiger charge is 2.53. The maximum Gasteiger partial charge on any atom is 0.249 e. The molecule has 0 bridgehead atoms. The molecule has 6 nitrogen and oxygen atoms in total. The van der Waals surface area contributed by atoms with Gasteiger partial charge in [0.1, 0.15) is 6.04 Å². The smallest absolute Gasteiger partial charge is 0.249 e. The largest absolute Gasteiger partial charge is 0.295 e. The normalized spacial score (nSPS) is 36.0. The van der Waals surface area contributed by atoms with Crippen LogP contribution in [0.4, 0.5) is 0 Å². The van der Waals surface area contributed by atoms with Gasteiger partial charge in [0, 0.05) is 6.42 Å². The molecule has 1 aliphatic carbocycles. The van der Waals surface area contributed by atoms with Gasteiger partial charge in [-0.25, -0.2) is 0 Å². The lowest BCUT2D eigenvalue weighted by atomic mass is 10.00. The second-order valence-electron chi connectivity index (χ2n) is 5.16. The fourth-order valence-electron chi connectivity index (χ4n) is 3.25. The Labute approximate surface area is 104 Å². The van der Waals surface area contributed by atoms with E-state index in [4.69, 9.17) is 0 Å². The van der Waals surface area contributed by atoms with Crippen molar-refractivity contribution in [2.75, 3.05) is 0 Å². The van der Waals surface area contributed by atoms with Crippen molar-refractivity contribution in [3.8, 4) is 0 Å². The molecular formula is C12H14N2O4. The monoisotopic (exact) mass is 250 g/mol. The predicted molar refractivity (Wildman–Crippen MR) is 58.9 cm³/mol. The summed E-state index contributed by atoms with van der Waals surface area (Å²) in [5.41, 5.74) is 0. The van der Waals surface area contributed by atoms with Gasteiger partial charge in [-0.2, -0.15) is 0 Å². The van der Waals surface area contributed by atoms with Gasteiger partial charge in [-0.3, -0.25) is 29.4 Å². The van der Waals surface area contributed by atoms with E-state index in [1.165, 1.54) is 0 Å². The zero-order valence-electron chi connectivity index (χ0n) is 9.85. The Balaban J connectivity index is 1.84. The number of piperidine rings is 1. The zero-order valence-corrected chi connectivity index (χ0v) is 9.85. The van der Waals surface area contributed by atoms with Crippen LogP contribution in [0.2, 0.25) is 0 Å². The fourth-order valence-corrected chi connectivity index (χ4v) is 3.25. The van der Waals surface area contributed by atoms with Gasteiger partial charge in [-0.15, -0.1) is 0 Å². The van der Waals surface area contributed by atoms with E-state index in [1.54, 1.807) is 0 Å². The molecule has 6 heteroatoms. The quantitative estimate of drug-likeness (QED) is 0.640. The van der Waals surface area contributed by atoms with Crippen molar-refractivity contribution >= 4 is 23.6 Å². The minimum atomic E-state index is -0.784. The first-order chi connectivity index (χ1) is 8.59. The van der Waals surface area contributed by atoms with Crippen LogP contribution in [0.15, 0.2) is 0 Å². The second-order valence-corrected chi connectivity index (χ2v) is 5.16. The van der Waals surface area contributed by atoms with Crippen molar-refractivity contribution in [1.29, 1.82) is 0 Å². The van der Waals surface area contributed by atoms with Crippen LogP contribution in [-0.4, -0.2) is 34.6 Å². The average molecular weight is 250 g/mol. The molecule has 3 aliphatic rings. The Bertz CT molecular complexity index is 437. The maximum absolute atomic E-state index is 12.2. The molecule has 4 amide bonds. The van der Waals surface area contributed by atoms with Crippen LogP contribution in [0.1, 0.15) is 32.1 Å². The second kappa shape index (κ2) is 3.90. The van der Waals surface area contributed by atoms with Gasteiger partial charge in [0.15, 0.2) is 0 Å². The van der Waals surface area contributed by atoms with Crippen LogP contribution in [0.5, 0.6) is 0 Å². The average Bonchev–Trinajstić information content (AvgIpc) is 2.87. The van der Waals surface area contributed by atoms with E-state index < -0.39 is 11.9 Å². The summed E-state index contributed by atoms with van der Waals surface area (Å²) in [6.45, 7) is 0. The lowest BCUT2D eigenvalue weighted by molar-refractivity contribution is -0.151. The molecule has 0 aromatic heterocycles. The summed E-state index contributed by atoms with van der Waals surface area (Å²) in [6.07, 6.45) is 2.80. The van der Waals surface area contributed by atoms with E-state index in [2.05, 4.69) is 5.32 Å². The van der Waals surface area contributed by atoms with E-state index in [0.29, 0.717) is 0 Å². The van der Waals surface area contributed by atoms with Crippen LogP contribution in [-0.2, 0) is 19.2 Å². The molecule has 3 atom stereocenters. The Morgan fingerprint density at radius 2 is 1.56 bits per heavy atom. The summed E-state index contributed by atoms with van der Waals surface area (Å²) in [6, 6.07) is -0.784. The van der Waals surface area contributed by atoms with Crippen molar-refractivity contribution in [3.63, 3.8) is 0 Å². The van der Waals surface area contributed by atoms with E-state index in [1.807, 2.05) is 0 Å². The number of nitrogens with one attached hydrogen (secondary N) is 1. The van der Waals surface area contributed by atoms with E-state index >= 15 is 0 Å². The maximum atomic E-state index is 12.2. The highest BCUT2D eigenvalue weighted by molar-refractivity contribution is 6.10. The number of nitrogens with zero attached hydrogens (tertiary/aromatic N) is 1. The summed E-state index contributed by atoms with van der Waals surface area (Å²) in [5.74, 6) is -1.77. The standard InChI is InChI=1S/C12H14N2O4/c15-9-5-4-8(10(16)13-9)14-11(17)6-2-1-3-7(6)12(14)18/h6-8H,1-5H2,(H,13,15,16)/t6-,7+,8-/m0/s1. The molecule has 0 unspecified atom stereocenters. The van der Waals surface area contributed by atoms with E-state index in [-0.39, 0.29) is 42.4 Å². The summed E-state index contributed by atoms with van der Waals surface area (Å²) in [5, 5.41) is 2.19. The third-order valence-corrected chi connectivity index (χ3v) is 4.15. The summed E-state index contributed by atoms with van der Waals surface area (Å²) in [7, 11) is 0. The highest BCUT2D eigenvalue weighted by atomic mass is 16.2. The molecule has 1 saturated carbocycles. The number of hydrogen-bond acceptors (Lipinski definition) is 4. The van der Waals surface area contributed by atoms with Gasteiger partial charge >= 0.3 is 0 Å². The van der Waals surface area contributed by atoms with Gasteiger partial charge in [-0.05, 0) is 19.3 Å². The minimum Gasteiger partial charge on any atom is -0.295 e. The van der Waals surface area contributed by atoms with Gasteiger partial charge in [-0.1, -0.05) is 6.42 Å². The number of carbonyl (C=O) groups is 4. The van der Waals surface area contributed by atoms with E-state index in [0.717, 1.165) is 24.2 Å². The number of carbonyl (C=O) groups excluding carboxylic acids is 4. The van der Waals surface area contributed by atoms with Crippen LogP contribution in [0, 0.1) is 11.8 Å². The Hall–Kier alpha value is -1.72. The molecule has 2 heterocycles. The fraction of sp³-hybridized carbons (Fsp3) is 0.667. The Morgan fingerprint density at radius 3 is 2.11 bits per heavy atom. The molecule has 1 N–H and O–H groups in total. The van der Waals surface area contributed by atoms with Crippen molar-refractivity contribution in [3.05, 3.63) is 0 Å². The first-order valence-electron chi connectivity index (χ1n) is 6.30. The summed E-state index contributed by atoms with van der Waals surface area (Å²) < 4.78 is 0. The number of likely N-dealkylation sites (tertiary alicyclic amines) is 1.